The summed E-state index contributed by atoms with van der Waals surface area (Å²) >= 11 is 0. The Morgan fingerprint density at radius 3 is 2.38 bits per heavy atom. The summed E-state index contributed by atoms with van der Waals surface area (Å²) in [6.07, 6.45) is 4.34. The minimum absolute atomic E-state index is 0.110. The molecule has 4 atom stereocenters. The molecular weight excluding hydrogens is 280 g/mol. The van der Waals surface area contributed by atoms with Crippen molar-refractivity contribution in [3.63, 3.8) is 0 Å². The fourth-order valence-electron chi connectivity index (χ4n) is 3.32. The van der Waals surface area contributed by atoms with Gasteiger partial charge in [0.2, 0.25) is 5.91 Å². The van der Waals surface area contributed by atoms with Gasteiger partial charge in [-0.15, -0.1) is 0 Å². The lowest BCUT2D eigenvalue weighted by atomic mass is 9.82. The molecule has 1 fully saturated rings. The average Bonchev–Trinajstić information content (AvgIpc) is 3.03. The number of carboxylic acid groups (broad SMARTS) is 1. The van der Waals surface area contributed by atoms with E-state index < -0.39 is 35.3 Å². The van der Waals surface area contributed by atoms with Gasteiger partial charge in [-0.25, -0.2) is 8.78 Å². The van der Waals surface area contributed by atoms with Crippen LogP contribution in [0, 0.1) is 35.3 Å². The zero-order valence-corrected chi connectivity index (χ0v) is 10.9. The van der Waals surface area contributed by atoms with Gasteiger partial charge in [0.1, 0.15) is 0 Å². The SMILES string of the molecule is O=C(O)C1C2C=CC(C2)C1C(=O)Nc1ccc(F)c(F)c1. The molecule has 3 rings (SSSR count). The molecule has 0 spiro atoms. The highest BCUT2D eigenvalue weighted by atomic mass is 19.2. The summed E-state index contributed by atoms with van der Waals surface area (Å²) in [5, 5.41) is 11.8. The minimum Gasteiger partial charge on any atom is -0.481 e. The summed E-state index contributed by atoms with van der Waals surface area (Å²) in [6.45, 7) is 0. The predicted octanol–water partition coefficient (Wildman–Crippen LogP) is 2.43. The van der Waals surface area contributed by atoms with Crippen molar-refractivity contribution in [2.24, 2.45) is 23.7 Å². The molecule has 2 aliphatic carbocycles. The lowest BCUT2D eigenvalue weighted by Crippen LogP contribution is -2.36. The highest BCUT2D eigenvalue weighted by molar-refractivity contribution is 5.96. The number of aliphatic carboxylic acids is 1. The standard InChI is InChI=1S/C15H13F2NO3/c16-10-4-3-9(6-11(10)17)18-14(19)12-7-1-2-8(5-7)13(12)15(20)21/h1-4,6-8,12-13H,5H2,(H,18,19)(H,20,21). The van der Waals surface area contributed by atoms with E-state index in [4.69, 9.17) is 0 Å². The Morgan fingerprint density at radius 2 is 1.76 bits per heavy atom. The Labute approximate surface area is 119 Å². The molecule has 110 valence electrons. The van der Waals surface area contributed by atoms with Crippen LogP contribution in [0.5, 0.6) is 0 Å². The summed E-state index contributed by atoms with van der Waals surface area (Å²) in [6, 6.07) is 3.04. The number of amides is 1. The molecule has 0 radical (unpaired) electrons. The first-order valence-electron chi connectivity index (χ1n) is 6.64. The maximum Gasteiger partial charge on any atom is 0.307 e. The van der Waals surface area contributed by atoms with Crippen LogP contribution in [0.2, 0.25) is 0 Å². The molecular formula is C15H13F2NO3. The van der Waals surface area contributed by atoms with Crippen LogP contribution in [-0.2, 0) is 9.59 Å². The molecule has 2 bridgehead atoms. The van der Waals surface area contributed by atoms with Gasteiger partial charge in [0, 0.05) is 11.8 Å². The third-order valence-corrected chi connectivity index (χ3v) is 4.23. The van der Waals surface area contributed by atoms with Crippen LogP contribution in [0.1, 0.15) is 6.42 Å². The number of nitrogens with one attached hydrogen (secondary N) is 1. The number of benzene rings is 1. The van der Waals surface area contributed by atoms with Crippen LogP contribution >= 0.6 is 0 Å². The van der Waals surface area contributed by atoms with Crippen molar-refractivity contribution < 1.29 is 23.5 Å². The van der Waals surface area contributed by atoms with E-state index in [9.17, 15) is 23.5 Å². The molecule has 0 heterocycles. The van der Waals surface area contributed by atoms with E-state index in [2.05, 4.69) is 5.32 Å². The summed E-state index contributed by atoms with van der Waals surface area (Å²) in [4.78, 5) is 23.6. The summed E-state index contributed by atoms with van der Waals surface area (Å²) in [5.74, 6) is -5.21. The normalized spacial score (nSPS) is 29.6. The van der Waals surface area contributed by atoms with E-state index in [-0.39, 0.29) is 17.5 Å². The van der Waals surface area contributed by atoms with Crippen LogP contribution in [-0.4, -0.2) is 17.0 Å². The zero-order chi connectivity index (χ0) is 15.1. The molecule has 2 N–H and O–H groups in total. The molecule has 1 aromatic carbocycles. The Bertz CT molecular complexity index is 644. The zero-order valence-electron chi connectivity index (χ0n) is 10.9. The van der Waals surface area contributed by atoms with Crippen molar-refractivity contribution in [2.45, 2.75) is 6.42 Å². The summed E-state index contributed by atoms with van der Waals surface area (Å²) in [7, 11) is 0. The number of anilines is 1. The van der Waals surface area contributed by atoms with Crippen LogP contribution in [0.4, 0.5) is 14.5 Å². The van der Waals surface area contributed by atoms with Crippen LogP contribution in [0.15, 0.2) is 30.4 Å². The van der Waals surface area contributed by atoms with Crippen molar-refractivity contribution in [3.05, 3.63) is 42.0 Å². The average molecular weight is 293 g/mol. The summed E-state index contributed by atoms with van der Waals surface area (Å²) in [5.41, 5.74) is 0.120. The first-order valence-corrected chi connectivity index (χ1v) is 6.64. The number of hydrogen-bond acceptors (Lipinski definition) is 2. The van der Waals surface area contributed by atoms with Gasteiger partial charge in [0.05, 0.1) is 11.8 Å². The molecule has 1 amide bonds. The Kier molecular flexibility index (Phi) is 3.23. The van der Waals surface area contributed by atoms with Gasteiger partial charge in [-0.1, -0.05) is 12.2 Å². The smallest absolute Gasteiger partial charge is 0.307 e. The van der Waals surface area contributed by atoms with Gasteiger partial charge in [-0.3, -0.25) is 9.59 Å². The van der Waals surface area contributed by atoms with E-state index in [1.807, 2.05) is 12.2 Å². The number of carboxylic acids is 1. The van der Waals surface area contributed by atoms with E-state index in [0.717, 1.165) is 12.1 Å². The topological polar surface area (TPSA) is 66.4 Å². The van der Waals surface area contributed by atoms with Crippen molar-refractivity contribution in [3.8, 4) is 0 Å². The molecule has 0 aromatic heterocycles. The number of hydrogen-bond donors (Lipinski definition) is 2. The van der Waals surface area contributed by atoms with Gasteiger partial charge in [0.15, 0.2) is 11.6 Å². The molecule has 0 aliphatic heterocycles. The second-order valence-corrected chi connectivity index (χ2v) is 5.46. The van der Waals surface area contributed by atoms with Gasteiger partial charge in [-0.2, -0.15) is 0 Å². The number of carbonyl (C=O) groups is 2. The molecule has 4 unspecified atom stereocenters. The molecule has 2 aliphatic rings. The quantitative estimate of drug-likeness (QED) is 0.841. The molecule has 4 nitrogen and oxygen atoms in total. The largest absolute Gasteiger partial charge is 0.481 e. The third-order valence-electron chi connectivity index (χ3n) is 4.23. The van der Waals surface area contributed by atoms with Crippen LogP contribution in [0.25, 0.3) is 0 Å². The van der Waals surface area contributed by atoms with Gasteiger partial charge in [-0.05, 0) is 30.4 Å². The first kappa shape index (κ1) is 13.7. The second kappa shape index (κ2) is 4.95. The maximum atomic E-state index is 13.1. The van der Waals surface area contributed by atoms with E-state index in [1.165, 1.54) is 6.07 Å². The molecule has 1 saturated carbocycles. The highest BCUT2D eigenvalue weighted by Gasteiger charge is 2.51. The number of carbonyl (C=O) groups excluding carboxylic acids is 1. The fraction of sp³-hybridized carbons (Fsp3) is 0.333. The number of rotatable bonds is 3. The lowest BCUT2D eigenvalue weighted by Gasteiger charge is -2.23. The highest BCUT2D eigenvalue weighted by Crippen LogP contribution is 2.48. The maximum absolute atomic E-state index is 13.1. The Hall–Kier alpha value is -2.24. The van der Waals surface area contributed by atoms with E-state index >= 15 is 0 Å². The lowest BCUT2D eigenvalue weighted by molar-refractivity contribution is -0.146. The third kappa shape index (κ3) is 2.30. The van der Waals surface area contributed by atoms with Crippen molar-refractivity contribution in [1.29, 1.82) is 0 Å². The van der Waals surface area contributed by atoms with Crippen LogP contribution in [0.3, 0.4) is 0 Å². The molecule has 0 saturated heterocycles. The second-order valence-electron chi connectivity index (χ2n) is 5.46. The predicted molar refractivity (Wildman–Crippen MR) is 70.3 cm³/mol. The Morgan fingerprint density at radius 1 is 1.10 bits per heavy atom. The minimum atomic E-state index is -1.06. The van der Waals surface area contributed by atoms with Gasteiger partial charge < -0.3 is 10.4 Å². The summed E-state index contributed by atoms with van der Waals surface area (Å²) < 4.78 is 26.0. The van der Waals surface area contributed by atoms with Crippen molar-refractivity contribution in [1.82, 2.24) is 0 Å². The van der Waals surface area contributed by atoms with E-state index in [0.29, 0.717) is 6.42 Å². The number of halogens is 2. The molecule has 6 heteroatoms. The van der Waals surface area contributed by atoms with Gasteiger partial charge in [0.25, 0.3) is 0 Å². The van der Waals surface area contributed by atoms with Crippen LogP contribution < -0.4 is 5.32 Å². The first-order chi connectivity index (χ1) is 9.97. The van der Waals surface area contributed by atoms with E-state index in [1.54, 1.807) is 0 Å². The van der Waals surface area contributed by atoms with Crippen molar-refractivity contribution >= 4 is 17.6 Å². The number of allylic oxidation sites excluding steroid dienone is 2. The number of fused-ring (bicyclic) bond motifs is 2. The fourth-order valence-corrected chi connectivity index (χ4v) is 3.32. The Balaban J connectivity index is 1.80. The van der Waals surface area contributed by atoms with Crippen molar-refractivity contribution in [2.75, 3.05) is 5.32 Å². The molecule has 1 aromatic rings. The monoisotopic (exact) mass is 293 g/mol. The molecule has 21 heavy (non-hydrogen) atoms. The van der Waals surface area contributed by atoms with Gasteiger partial charge >= 0.3 is 5.97 Å².